The number of pyridine rings is 1. The number of anilines is 1. The number of ether oxygens (including phenoxy) is 1. The summed E-state index contributed by atoms with van der Waals surface area (Å²) in [5.41, 5.74) is 0. The van der Waals surface area contributed by atoms with Crippen LogP contribution in [0.1, 0.15) is 20.3 Å². The standard InChI is InChI=1S/C12H16F2N2O2/c1-7(2)4-10(12(17)18-3)16-11-9(14)5-8(13)6-15-11/h5-7,10H,4H2,1-3H3,(H,15,16). The summed E-state index contributed by atoms with van der Waals surface area (Å²) in [7, 11) is 1.26. The van der Waals surface area contributed by atoms with Gasteiger partial charge in [0.25, 0.3) is 0 Å². The molecule has 1 N–H and O–H groups in total. The van der Waals surface area contributed by atoms with Gasteiger partial charge in [-0.05, 0) is 12.3 Å². The van der Waals surface area contributed by atoms with Gasteiger partial charge in [0.1, 0.15) is 11.9 Å². The number of carbonyl (C=O) groups excluding carboxylic acids is 1. The summed E-state index contributed by atoms with van der Waals surface area (Å²) < 4.78 is 30.7. The molecule has 0 spiro atoms. The van der Waals surface area contributed by atoms with Gasteiger partial charge in [0.2, 0.25) is 0 Å². The van der Waals surface area contributed by atoms with Crippen molar-refractivity contribution >= 4 is 11.8 Å². The first-order chi connectivity index (χ1) is 8.43. The lowest BCUT2D eigenvalue weighted by Crippen LogP contribution is -2.32. The lowest BCUT2D eigenvalue weighted by Gasteiger charge is -2.18. The van der Waals surface area contributed by atoms with E-state index in [4.69, 9.17) is 0 Å². The monoisotopic (exact) mass is 258 g/mol. The van der Waals surface area contributed by atoms with Crippen molar-refractivity contribution in [3.63, 3.8) is 0 Å². The van der Waals surface area contributed by atoms with Crippen molar-refractivity contribution in [3.8, 4) is 0 Å². The number of aromatic nitrogens is 1. The number of carbonyl (C=O) groups is 1. The molecule has 0 aliphatic carbocycles. The molecule has 0 saturated carbocycles. The zero-order chi connectivity index (χ0) is 13.7. The highest BCUT2D eigenvalue weighted by atomic mass is 19.1. The maximum Gasteiger partial charge on any atom is 0.328 e. The topological polar surface area (TPSA) is 51.2 Å². The Labute approximate surface area is 104 Å². The van der Waals surface area contributed by atoms with E-state index < -0.39 is 23.6 Å². The van der Waals surface area contributed by atoms with Gasteiger partial charge in [0.05, 0.1) is 13.3 Å². The normalized spacial score (nSPS) is 12.3. The fourth-order valence-electron chi connectivity index (χ4n) is 1.51. The van der Waals surface area contributed by atoms with E-state index in [1.54, 1.807) is 0 Å². The molecular formula is C12H16F2N2O2. The summed E-state index contributed by atoms with van der Waals surface area (Å²) >= 11 is 0. The molecule has 1 aromatic rings. The molecule has 18 heavy (non-hydrogen) atoms. The smallest absolute Gasteiger partial charge is 0.328 e. The van der Waals surface area contributed by atoms with Gasteiger partial charge in [0, 0.05) is 6.07 Å². The van der Waals surface area contributed by atoms with E-state index in [2.05, 4.69) is 15.0 Å². The fraction of sp³-hybridized carbons (Fsp3) is 0.500. The van der Waals surface area contributed by atoms with Crippen LogP contribution in [0.5, 0.6) is 0 Å². The van der Waals surface area contributed by atoms with E-state index in [1.807, 2.05) is 13.8 Å². The Morgan fingerprint density at radius 1 is 1.50 bits per heavy atom. The third-order valence-electron chi connectivity index (χ3n) is 2.31. The Morgan fingerprint density at radius 2 is 2.17 bits per heavy atom. The van der Waals surface area contributed by atoms with Crippen molar-refractivity contribution < 1.29 is 18.3 Å². The zero-order valence-electron chi connectivity index (χ0n) is 10.5. The predicted octanol–water partition coefficient (Wildman–Crippen LogP) is 2.36. The van der Waals surface area contributed by atoms with Crippen LogP contribution in [0, 0.1) is 17.6 Å². The first kappa shape index (κ1) is 14.3. The van der Waals surface area contributed by atoms with Crippen LogP contribution in [0.25, 0.3) is 0 Å². The molecule has 4 nitrogen and oxygen atoms in total. The number of methoxy groups -OCH3 is 1. The minimum absolute atomic E-state index is 0.160. The van der Waals surface area contributed by atoms with Gasteiger partial charge >= 0.3 is 5.97 Å². The molecule has 100 valence electrons. The van der Waals surface area contributed by atoms with Crippen LogP contribution in [-0.4, -0.2) is 24.1 Å². The largest absolute Gasteiger partial charge is 0.467 e. The Kier molecular flexibility index (Phi) is 5.00. The van der Waals surface area contributed by atoms with Crippen LogP contribution in [0.15, 0.2) is 12.3 Å². The van der Waals surface area contributed by atoms with Gasteiger partial charge in [-0.25, -0.2) is 18.6 Å². The fourth-order valence-corrected chi connectivity index (χ4v) is 1.51. The van der Waals surface area contributed by atoms with Crippen molar-refractivity contribution in [1.82, 2.24) is 4.98 Å². The maximum atomic E-state index is 13.4. The van der Waals surface area contributed by atoms with Gasteiger partial charge in [0.15, 0.2) is 11.6 Å². The minimum Gasteiger partial charge on any atom is -0.467 e. The van der Waals surface area contributed by atoms with Crippen LogP contribution in [0.2, 0.25) is 0 Å². The molecule has 1 heterocycles. The molecule has 0 amide bonds. The first-order valence-electron chi connectivity index (χ1n) is 5.59. The van der Waals surface area contributed by atoms with Crippen molar-refractivity contribution in [2.24, 2.45) is 5.92 Å². The Hall–Kier alpha value is -1.72. The molecule has 1 rings (SSSR count). The molecule has 1 aromatic heterocycles. The summed E-state index contributed by atoms with van der Waals surface area (Å²) in [5, 5.41) is 2.63. The summed E-state index contributed by atoms with van der Waals surface area (Å²) in [6.45, 7) is 3.85. The number of hydrogen-bond donors (Lipinski definition) is 1. The summed E-state index contributed by atoms with van der Waals surface area (Å²) in [4.78, 5) is 15.1. The van der Waals surface area contributed by atoms with Crippen molar-refractivity contribution in [3.05, 3.63) is 23.9 Å². The van der Waals surface area contributed by atoms with Crippen molar-refractivity contribution in [2.45, 2.75) is 26.3 Å². The van der Waals surface area contributed by atoms with Crippen LogP contribution < -0.4 is 5.32 Å². The molecule has 0 bridgehead atoms. The number of esters is 1. The third-order valence-corrected chi connectivity index (χ3v) is 2.31. The van der Waals surface area contributed by atoms with E-state index in [-0.39, 0.29) is 11.7 Å². The highest BCUT2D eigenvalue weighted by molar-refractivity contribution is 5.78. The van der Waals surface area contributed by atoms with E-state index >= 15 is 0 Å². The summed E-state index contributed by atoms with van der Waals surface area (Å²) in [5.74, 6) is -2.06. The van der Waals surface area contributed by atoms with Gasteiger partial charge in [-0.15, -0.1) is 0 Å². The molecule has 1 atom stereocenters. The Balaban J connectivity index is 2.85. The van der Waals surface area contributed by atoms with Gasteiger partial charge in [-0.2, -0.15) is 0 Å². The Bertz CT molecular complexity index is 425. The zero-order valence-corrected chi connectivity index (χ0v) is 10.5. The molecule has 0 aliphatic heterocycles. The lowest BCUT2D eigenvalue weighted by molar-refractivity contribution is -0.141. The number of halogens is 2. The lowest BCUT2D eigenvalue weighted by atomic mass is 10.0. The molecule has 1 unspecified atom stereocenters. The van der Waals surface area contributed by atoms with Crippen molar-refractivity contribution in [2.75, 3.05) is 12.4 Å². The van der Waals surface area contributed by atoms with Crippen LogP contribution in [-0.2, 0) is 9.53 Å². The summed E-state index contributed by atoms with van der Waals surface area (Å²) in [6.07, 6.45) is 1.35. The molecule has 0 radical (unpaired) electrons. The van der Waals surface area contributed by atoms with Crippen LogP contribution >= 0.6 is 0 Å². The maximum absolute atomic E-state index is 13.4. The highest BCUT2D eigenvalue weighted by Gasteiger charge is 2.22. The number of rotatable bonds is 5. The molecule has 0 fully saturated rings. The molecule has 0 saturated heterocycles. The average Bonchev–Trinajstić information content (AvgIpc) is 2.30. The van der Waals surface area contributed by atoms with Gasteiger partial charge < -0.3 is 10.1 Å². The van der Waals surface area contributed by atoms with Crippen LogP contribution in [0.3, 0.4) is 0 Å². The van der Waals surface area contributed by atoms with E-state index in [0.717, 1.165) is 6.20 Å². The number of nitrogens with one attached hydrogen (secondary N) is 1. The number of nitrogens with zero attached hydrogens (tertiary/aromatic N) is 1. The SMILES string of the molecule is COC(=O)C(CC(C)C)Nc1ncc(F)cc1F. The minimum atomic E-state index is -0.840. The molecular weight excluding hydrogens is 242 g/mol. The second-order valence-electron chi connectivity index (χ2n) is 4.33. The summed E-state index contributed by atoms with van der Waals surface area (Å²) in [6, 6.07) is 0.00133. The van der Waals surface area contributed by atoms with E-state index in [9.17, 15) is 13.6 Å². The molecule has 6 heteroatoms. The van der Waals surface area contributed by atoms with Crippen LogP contribution in [0.4, 0.5) is 14.6 Å². The second-order valence-corrected chi connectivity index (χ2v) is 4.33. The first-order valence-corrected chi connectivity index (χ1v) is 5.59. The molecule has 0 aliphatic rings. The quantitative estimate of drug-likeness (QED) is 0.824. The van der Waals surface area contributed by atoms with Crippen molar-refractivity contribution in [1.29, 1.82) is 0 Å². The van der Waals surface area contributed by atoms with E-state index in [0.29, 0.717) is 12.5 Å². The predicted molar refractivity (Wildman–Crippen MR) is 63.0 cm³/mol. The molecule has 0 aromatic carbocycles. The second kappa shape index (κ2) is 6.28. The van der Waals surface area contributed by atoms with Gasteiger partial charge in [-0.3, -0.25) is 0 Å². The Morgan fingerprint density at radius 3 is 2.67 bits per heavy atom. The average molecular weight is 258 g/mol. The highest BCUT2D eigenvalue weighted by Crippen LogP contribution is 2.16. The third kappa shape index (κ3) is 3.94. The van der Waals surface area contributed by atoms with Gasteiger partial charge in [-0.1, -0.05) is 13.8 Å². The van der Waals surface area contributed by atoms with E-state index in [1.165, 1.54) is 7.11 Å². The number of hydrogen-bond acceptors (Lipinski definition) is 4.